The average Bonchev–Trinajstić information content (AvgIpc) is 2.66. The van der Waals surface area contributed by atoms with E-state index >= 15 is 0 Å². The molecular formula is C22H22Cl3FN2O4. The van der Waals surface area contributed by atoms with Crippen molar-refractivity contribution in [3.05, 3.63) is 57.3 Å². The molecule has 1 aliphatic carbocycles. The molecule has 1 aliphatic rings. The number of halogens is 4. The van der Waals surface area contributed by atoms with E-state index in [0.717, 1.165) is 6.07 Å². The maximum absolute atomic E-state index is 13.7. The molecule has 6 nitrogen and oxygen atoms in total. The van der Waals surface area contributed by atoms with Crippen molar-refractivity contribution in [2.45, 2.75) is 37.8 Å². The number of carbonyl (C=O) groups excluding carboxylic acids is 2. The van der Waals surface area contributed by atoms with Gasteiger partial charge in [-0.3, -0.25) is 9.59 Å². The van der Waals surface area contributed by atoms with Crippen LogP contribution in [-0.2, 0) is 9.59 Å². The van der Waals surface area contributed by atoms with Gasteiger partial charge in [0.15, 0.2) is 24.8 Å². The molecule has 0 unspecified atom stereocenters. The zero-order chi connectivity index (χ0) is 23.5. The molecule has 2 amide bonds. The third-order valence-electron chi connectivity index (χ3n) is 4.96. The first-order valence-corrected chi connectivity index (χ1v) is 10.9. The van der Waals surface area contributed by atoms with Gasteiger partial charge >= 0.3 is 0 Å². The molecule has 172 valence electrons. The van der Waals surface area contributed by atoms with Gasteiger partial charge in [-0.15, -0.1) is 0 Å². The zero-order valence-electron chi connectivity index (χ0n) is 17.4. The van der Waals surface area contributed by atoms with Crippen LogP contribution < -0.4 is 20.1 Å². The number of hydrogen-bond acceptors (Lipinski definition) is 4. The molecule has 2 aromatic carbocycles. The topological polar surface area (TPSA) is 76.7 Å². The lowest BCUT2D eigenvalue weighted by Crippen LogP contribution is -2.69. The van der Waals surface area contributed by atoms with E-state index in [9.17, 15) is 14.0 Å². The molecule has 0 saturated heterocycles. The summed E-state index contributed by atoms with van der Waals surface area (Å²) in [5, 5.41) is 6.77. The molecular weight excluding hydrogens is 482 g/mol. The number of carbonyl (C=O) groups is 2. The van der Waals surface area contributed by atoms with E-state index in [2.05, 4.69) is 10.6 Å². The first-order chi connectivity index (χ1) is 15.0. The summed E-state index contributed by atoms with van der Waals surface area (Å²) in [5.41, 5.74) is -1.02. The lowest BCUT2D eigenvalue weighted by molar-refractivity contribution is -0.129. The minimum Gasteiger partial charge on any atom is -0.484 e. The van der Waals surface area contributed by atoms with Crippen LogP contribution in [0.3, 0.4) is 0 Å². The van der Waals surface area contributed by atoms with E-state index in [1.54, 1.807) is 12.1 Å². The smallest absolute Gasteiger partial charge is 0.258 e. The fourth-order valence-electron chi connectivity index (χ4n) is 4.04. The number of hydrogen-bond donors (Lipinski definition) is 2. The molecule has 2 N–H and O–H groups in total. The van der Waals surface area contributed by atoms with E-state index in [4.69, 9.17) is 44.3 Å². The molecule has 0 bridgehead atoms. The summed E-state index contributed by atoms with van der Waals surface area (Å²) in [6, 6.07) is 8.70. The predicted octanol–water partition coefficient (Wildman–Crippen LogP) is 4.79. The second kappa shape index (κ2) is 9.73. The molecule has 1 saturated carbocycles. The molecule has 0 heterocycles. The van der Waals surface area contributed by atoms with Crippen molar-refractivity contribution in [1.82, 2.24) is 10.6 Å². The second-order valence-electron chi connectivity index (χ2n) is 8.30. The van der Waals surface area contributed by atoms with Crippen molar-refractivity contribution in [2.24, 2.45) is 0 Å². The van der Waals surface area contributed by atoms with Gasteiger partial charge in [0, 0.05) is 22.2 Å². The van der Waals surface area contributed by atoms with Crippen molar-refractivity contribution in [2.75, 3.05) is 13.2 Å². The van der Waals surface area contributed by atoms with E-state index in [1.807, 2.05) is 13.8 Å². The molecule has 32 heavy (non-hydrogen) atoms. The van der Waals surface area contributed by atoms with Gasteiger partial charge in [0.05, 0.1) is 10.0 Å². The normalized spacial score (nSPS) is 21.9. The van der Waals surface area contributed by atoms with E-state index < -0.39 is 22.8 Å². The van der Waals surface area contributed by atoms with Crippen molar-refractivity contribution in [1.29, 1.82) is 0 Å². The monoisotopic (exact) mass is 502 g/mol. The third kappa shape index (κ3) is 6.40. The van der Waals surface area contributed by atoms with Gasteiger partial charge in [0.1, 0.15) is 5.75 Å². The van der Waals surface area contributed by atoms with Crippen LogP contribution in [0.1, 0.15) is 26.7 Å². The van der Waals surface area contributed by atoms with Crippen LogP contribution in [0.4, 0.5) is 4.39 Å². The Morgan fingerprint density at radius 3 is 2.06 bits per heavy atom. The van der Waals surface area contributed by atoms with E-state index in [-0.39, 0.29) is 29.9 Å². The van der Waals surface area contributed by atoms with Gasteiger partial charge in [-0.1, -0.05) is 34.8 Å². The Labute approximate surface area is 200 Å². The van der Waals surface area contributed by atoms with Crippen LogP contribution in [0.5, 0.6) is 11.5 Å². The van der Waals surface area contributed by atoms with Gasteiger partial charge in [-0.2, -0.15) is 0 Å². The Bertz CT molecular complexity index is 1030. The standard InChI is InChI=1S/C22H22Cl3FN2O4/c1-21(27-19(29)9-31-14-4-5-15(24)16(25)8-14)11-22(2,12-21)28-20(30)10-32-18-6-3-13(23)7-17(18)26/h3-8H,9-12H2,1-2H3,(H,27,29)(H,28,30). The van der Waals surface area contributed by atoms with Crippen molar-refractivity contribution in [3.63, 3.8) is 0 Å². The van der Waals surface area contributed by atoms with E-state index in [0.29, 0.717) is 28.6 Å². The highest BCUT2D eigenvalue weighted by Gasteiger charge is 2.50. The predicted molar refractivity (Wildman–Crippen MR) is 121 cm³/mol. The lowest BCUT2D eigenvalue weighted by atomic mass is 9.64. The minimum atomic E-state index is -0.640. The van der Waals surface area contributed by atoms with E-state index in [1.165, 1.54) is 18.2 Å². The molecule has 0 spiro atoms. The largest absolute Gasteiger partial charge is 0.484 e. The fourth-order valence-corrected chi connectivity index (χ4v) is 4.49. The van der Waals surface area contributed by atoms with Crippen molar-refractivity contribution in [3.8, 4) is 11.5 Å². The Balaban J connectivity index is 1.42. The summed E-state index contributed by atoms with van der Waals surface area (Å²) in [6.07, 6.45) is 1.03. The first-order valence-electron chi connectivity index (χ1n) is 9.75. The van der Waals surface area contributed by atoms with Crippen LogP contribution in [0.2, 0.25) is 15.1 Å². The molecule has 0 aromatic heterocycles. The summed E-state index contributed by atoms with van der Waals surface area (Å²) in [6.45, 7) is 3.23. The van der Waals surface area contributed by atoms with Crippen LogP contribution in [0, 0.1) is 5.82 Å². The molecule has 0 radical (unpaired) electrons. The van der Waals surface area contributed by atoms with Crippen LogP contribution in [0.25, 0.3) is 0 Å². The summed E-state index contributed by atoms with van der Waals surface area (Å²) in [5.74, 6) is -0.949. The number of nitrogens with one attached hydrogen (secondary N) is 2. The van der Waals surface area contributed by atoms with Gasteiger partial charge < -0.3 is 20.1 Å². The molecule has 2 aromatic rings. The first kappa shape index (κ1) is 24.4. The minimum absolute atomic E-state index is 0.0533. The lowest BCUT2D eigenvalue weighted by Gasteiger charge is -2.53. The second-order valence-corrected chi connectivity index (χ2v) is 9.55. The van der Waals surface area contributed by atoms with Crippen LogP contribution in [0.15, 0.2) is 36.4 Å². The molecule has 10 heteroatoms. The number of benzene rings is 2. The van der Waals surface area contributed by atoms with Crippen LogP contribution in [-0.4, -0.2) is 36.1 Å². The zero-order valence-corrected chi connectivity index (χ0v) is 19.7. The third-order valence-corrected chi connectivity index (χ3v) is 5.93. The fraction of sp³-hybridized carbons (Fsp3) is 0.364. The Morgan fingerprint density at radius 1 is 0.906 bits per heavy atom. The molecule has 3 rings (SSSR count). The summed E-state index contributed by atoms with van der Waals surface area (Å²) in [7, 11) is 0. The highest BCUT2D eigenvalue weighted by molar-refractivity contribution is 6.42. The highest BCUT2D eigenvalue weighted by atomic mass is 35.5. The number of amides is 2. The Morgan fingerprint density at radius 2 is 1.50 bits per heavy atom. The quantitative estimate of drug-likeness (QED) is 0.543. The Hall–Kier alpha value is -2.22. The maximum atomic E-state index is 13.7. The van der Waals surface area contributed by atoms with Gasteiger partial charge in [0.25, 0.3) is 11.8 Å². The number of rotatable bonds is 8. The van der Waals surface area contributed by atoms with Crippen LogP contribution >= 0.6 is 34.8 Å². The van der Waals surface area contributed by atoms with Crippen molar-refractivity contribution >= 4 is 46.6 Å². The summed E-state index contributed by atoms with van der Waals surface area (Å²) < 4.78 is 24.4. The Kier molecular flexibility index (Phi) is 7.43. The average molecular weight is 504 g/mol. The van der Waals surface area contributed by atoms with Gasteiger partial charge in [-0.05, 0) is 57.0 Å². The SMILES string of the molecule is CC1(NC(=O)COc2ccc(Cl)c(Cl)c2)CC(C)(NC(=O)COc2ccc(Cl)cc2F)C1. The molecule has 1 fully saturated rings. The maximum Gasteiger partial charge on any atom is 0.258 e. The molecule has 0 atom stereocenters. The van der Waals surface area contributed by atoms with Crippen molar-refractivity contribution < 1.29 is 23.5 Å². The van der Waals surface area contributed by atoms with Gasteiger partial charge in [-0.25, -0.2) is 4.39 Å². The molecule has 0 aliphatic heterocycles. The number of ether oxygens (including phenoxy) is 2. The highest BCUT2D eigenvalue weighted by Crippen LogP contribution is 2.41. The van der Waals surface area contributed by atoms with Gasteiger partial charge in [0.2, 0.25) is 0 Å². The summed E-state index contributed by atoms with van der Waals surface area (Å²) >= 11 is 17.5. The summed E-state index contributed by atoms with van der Waals surface area (Å²) in [4.78, 5) is 24.5.